The zero-order valence-electron chi connectivity index (χ0n) is 19.0. The fourth-order valence-corrected chi connectivity index (χ4v) is 4.42. The number of hydrogen-bond acceptors (Lipinski definition) is 6. The van der Waals surface area contributed by atoms with Gasteiger partial charge in [-0.2, -0.15) is 5.10 Å². The first-order valence-electron chi connectivity index (χ1n) is 10.5. The molecule has 10 heteroatoms. The number of carbonyl (C=O) groups excluding carboxylic acids is 1. The van der Waals surface area contributed by atoms with Gasteiger partial charge in [0.2, 0.25) is 0 Å². The van der Waals surface area contributed by atoms with E-state index < -0.39 is 5.82 Å². The molecule has 180 valence electrons. The lowest BCUT2D eigenvalue weighted by Gasteiger charge is -2.10. The Balaban J connectivity index is 1.45. The van der Waals surface area contributed by atoms with Crippen LogP contribution >= 0.6 is 23.4 Å². The summed E-state index contributed by atoms with van der Waals surface area (Å²) in [4.78, 5) is 17.1. The van der Waals surface area contributed by atoms with Crippen LogP contribution in [0.15, 0.2) is 70.9 Å². The standard InChI is InChI=1S/C25H22ClFN4O3S/c1-33-22-11-17(19(27)12-23(22)34-2)13-28-30-24(32)15-35-25-29-20-9-5-6-10-21(20)31(25)14-16-7-3-4-8-18(16)26/h3-13H,14-15H2,1-2H3,(H,30,32)/b28-13+. The van der Waals surface area contributed by atoms with Crippen molar-refractivity contribution in [3.63, 3.8) is 0 Å². The van der Waals surface area contributed by atoms with Crippen LogP contribution in [-0.2, 0) is 11.3 Å². The Bertz CT molecular complexity index is 1390. The SMILES string of the molecule is COc1cc(F)c(/C=N/NC(=O)CSc2nc3ccccc3n2Cc2ccccc2Cl)cc1OC. The molecule has 0 unspecified atom stereocenters. The van der Waals surface area contributed by atoms with E-state index >= 15 is 0 Å². The van der Waals surface area contributed by atoms with Crippen molar-refractivity contribution < 1.29 is 18.7 Å². The lowest BCUT2D eigenvalue weighted by Crippen LogP contribution is -2.20. The van der Waals surface area contributed by atoms with Crippen LogP contribution < -0.4 is 14.9 Å². The molecule has 0 aliphatic rings. The summed E-state index contributed by atoms with van der Waals surface area (Å²) >= 11 is 7.64. The van der Waals surface area contributed by atoms with Crippen LogP contribution in [-0.4, -0.2) is 41.6 Å². The zero-order valence-corrected chi connectivity index (χ0v) is 20.6. The van der Waals surface area contributed by atoms with Gasteiger partial charge < -0.3 is 14.0 Å². The third kappa shape index (κ3) is 5.75. The molecule has 4 aromatic rings. The molecule has 0 saturated carbocycles. The monoisotopic (exact) mass is 512 g/mol. The summed E-state index contributed by atoms with van der Waals surface area (Å²) in [6, 6.07) is 18.0. The van der Waals surface area contributed by atoms with Gasteiger partial charge in [-0.05, 0) is 29.8 Å². The molecule has 1 N–H and O–H groups in total. The Morgan fingerprint density at radius 3 is 2.63 bits per heavy atom. The number of nitrogens with one attached hydrogen (secondary N) is 1. The van der Waals surface area contributed by atoms with Crippen LogP contribution in [0.25, 0.3) is 11.0 Å². The van der Waals surface area contributed by atoms with Crippen molar-refractivity contribution >= 4 is 46.5 Å². The van der Waals surface area contributed by atoms with Crippen LogP contribution in [0, 0.1) is 5.82 Å². The number of rotatable bonds is 9. The molecule has 0 atom stereocenters. The Kier molecular flexibility index (Phi) is 7.89. The van der Waals surface area contributed by atoms with Crippen LogP contribution in [0.5, 0.6) is 11.5 Å². The molecule has 0 aliphatic carbocycles. The first kappa shape index (κ1) is 24.6. The molecule has 0 radical (unpaired) electrons. The number of amides is 1. The van der Waals surface area contributed by atoms with Crippen molar-refractivity contribution in [1.82, 2.24) is 15.0 Å². The highest BCUT2D eigenvalue weighted by Gasteiger charge is 2.14. The first-order chi connectivity index (χ1) is 17.0. The first-order valence-corrected chi connectivity index (χ1v) is 11.9. The number of hydrogen-bond donors (Lipinski definition) is 1. The van der Waals surface area contributed by atoms with E-state index in [1.165, 1.54) is 44.3 Å². The third-order valence-electron chi connectivity index (χ3n) is 5.13. The van der Waals surface area contributed by atoms with Gasteiger partial charge in [0.1, 0.15) is 5.82 Å². The smallest absolute Gasteiger partial charge is 0.250 e. The lowest BCUT2D eigenvalue weighted by atomic mass is 10.2. The number of imidazole rings is 1. The van der Waals surface area contributed by atoms with Gasteiger partial charge in [-0.15, -0.1) is 0 Å². The molecule has 1 aromatic heterocycles. The molecule has 0 saturated heterocycles. The van der Waals surface area contributed by atoms with E-state index in [9.17, 15) is 9.18 Å². The quantitative estimate of drug-likeness (QED) is 0.191. The third-order valence-corrected chi connectivity index (χ3v) is 6.48. The minimum absolute atomic E-state index is 0.0671. The topological polar surface area (TPSA) is 77.7 Å². The number of hydrazone groups is 1. The molecule has 7 nitrogen and oxygen atoms in total. The van der Waals surface area contributed by atoms with Crippen LogP contribution in [0.4, 0.5) is 4.39 Å². The van der Waals surface area contributed by atoms with Gasteiger partial charge in [-0.1, -0.05) is 53.7 Å². The highest BCUT2D eigenvalue weighted by Crippen LogP contribution is 2.29. The van der Waals surface area contributed by atoms with E-state index in [0.717, 1.165) is 16.6 Å². The van der Waals surface area contributed by atoms with Gasteiger partial charge in [0.25, 0.3) is 5.91 Å². The van der Waals surface area contributed by atoms with Crippen LogP contribution in [0.1, 0.15) is 11.1 Å². The average Bonchev–Trinajstić information content (AvgIpc) is 3.22. The maximum atomic E-state index is 14.2. The summed E-state index contributed by atoms with van der Waals surface area (Å²) in [6.07, 6.45) is 1.21. The van der Waals surface area contributed by atoms with E-state index in [2.05, 4.69) is 15.5 Å². The molecule has 35 heavy (non-hydrogen) atoms. The van der Waals surface area contributed by atoms with E-state index in [1.807, 2.05) is 53.1 Å². The Morgan fingerprint density at radius 1 is 1.14 bits per heavy atom. The van der Waals surface area contributed by atoms with E-state index in [-0.39, 0.29) is 23.0 Å². The average molecular weight is 513 g/mol. The molecule has 0 spiro atoms. The minimum Gasteiger partial charge on any atom is -0.493 e. The Hall–Kier alpha value is -3.56. The van der Waals surface area contributed by atoms with Gasteiger partial charge in [0, 0.05) is 16.7 Å². The number of methoxy groups -OCH3 is 2. The van der Waals surface area contributed by atoms with Crippen molar-refractivity contribution in [2.24, 2.45) is 5.10 Å². The molecule has 4 rings (SSSR count). The van der Waals surface area contributed by atoms with Crippen molar-refractivity contribution in [3.05, 3.63) is 82.6 Å². The van der Waals surface area contributed by atoms with E-state index in [1.54, 1.807) is 0 Å². The molecule has 0 aliphatic heterocycles. The Labute approximate surface area is 210 Å². The largest absolute Gasteiger partial charge is 0.493 e. The number of thioether (sulfide) groups is 1. The molecule has 1 heterocycles. The predicted molar refractivity (Wildman–Crippen MR) is 136 cm³/mol. The molecule has 0 bridgehead atoms. The fourth-order valence-electron chi connectivity index (χ4n) is 3.42. The highest BCUT2D eigenvalue weighted by molar-refractivity contribution is 7.99. The Morgan fingerprint density at radius 2 is 1.86 bits per heavy atom. The summed E-state index contributed by atoms with van der Waals surface area (Å²) in [7, 11) is 2.88. The van der Waals surface area contributed by atoms with E-state index in [4.69, 9.17) is 21.1 Å². The van der Waals surface area contributed by atoms with Crippen molar-refractivity contribution in [2.45, 2.75) is 11.7 Å². The second kappa shape index (κ2) is 11.2. The number of carbonyl (C=O) groups is 1. The molecule has 0 fully saturated rings. The van der Waals surface area contributed by atoms with E-state index in [0.29, 0.717) is 22.5 Å². The number of ether oxygens (including phenoxy) is 2. The normalized spacial score (nSPS) is 11.2. The number of nitrogens with zero attached hydrogens (tertiary/aromatic N) is 3. The summed E-state index contributed by atoms with van der Waals surface area (Å²) in [5.74, 6) is -0.221. The maximum Gasteiger partial charge on any atom is 0.250 e. The van der Waals surface area contributed by atoms with Crippen molar-refractivity contribution in [2.75, 3.05) is 20.0 Å². The number of aromatic nitrogens is 2. The highest BCUT2D eigenvalue weighted by atomic mass is 35.5. The molecule has 1 amide bonds. The van der Waals surface area contributed by atoms with Crippen LogP contribution in [0.2, 0.25) is 5.02 Å². The fraction of sp³-hybridized carbons (Fsp3) is 0.160. The second-order valence-electron chi connectivity index (χ2n) is 7.37. The van der Waals surface area contributed by atoms with Gasteiger partial charge in [-0.25, -0.2) is 14.8 Å². The number of benzene rings is 3. The maximum absolute atomic E-state index is 14.2. The predicted octanol–water partition coefficient (Wildman–Crippen LogP) is 5.14. The van der Waals surface area contributed by atoms with Gasteiger partial charge in [0.05, 0.1) is 43.8 Å². The second-order valence-corrected chi connectivity index (χ2v) is 8.72. The number of para-hydroxylation sites is 2. The summed E-state index contributed by atoms with van der Waals surface area (Å²) in [5.41, 5.74) is 5.28. The lowest BCUT2D eigenvalue weighted by molar-refractivity contribution is -0.118. The minimum atomic E-state index is -0.552. The molecular weight excluding hydrogens is 491 g/mol. The van der Waals surface area contributed by atoms with Crippen molar-refractivity contribution in [1.29, 1.82) is 0 Å². The summed E-state index contributed by atoms with van der Waals surface area (Å²) in [6.45, 7) is 0.515. The summed E-state index contributed by atoms with van der Waals surface area (Å²) in [5, 5.41) is 5.21. The van der Waals surface area contributed by atoms with Gasteiger partial charge in [-0.3, -0.25) is 4.79 Å². The number of fused-ring (bicyclic) bond motifs is 1. The zero-order chi connectivity index (χ0) is 24.8. The summed E-state index contributed by atoms with van der Waals surface area (Å²) < 4.78 is 26.5. The van der Waals surface area contributed by atoms with Gasteiger partial charge in [0.15, 0.2) is 16.7 Å². The molecular formula is C25H22ClFN4O3S. The number of halogens is 2. The van der Waals surface area contributed by atoms with Crippen LogP contribution in [0.3, 0.4) is 0 Å². The van der Waals surface area contributed by atoms with Crippen molar-refractivity contribution in [3.8, 4) is 11.5 Å². The van der Waals surface area contributed by atoms with Gasteiger partial charge >= 0.3 is 0 Å². The molecule has 3 aromatic carbocycles.